The number of benzene rings is 10. The fourth-order valence-corrected chi connectivity index (χ4v) is 17.5. The SMILES string of the molecule is COc1cc(OC)cc(N(CC2CCOCC2)c2ccc3ncc(-c4cnn(C)c4)nc3c2)c1.COc1cc(OC)cc(N(CCN2CCC(N(C)C)CC2)c2ccc3ncc(-c4cnn(C)c4)nc3c2)c1.COc1cc(OC)cc(N(Cc2cccc(Cl)c2)c2ccc3ncc(-c4cnn(C)c4)nc3c2)c1.COc1cc(OC)cc(N(Cc2ccccc2)c2ccc3ncc(-c4cnn(C)c4)nc3c2)c1. The normalized spacial score (nSPS) is 12.8. The van der Waals surface area contributed by atoms with Crippen LogP contribution in [0.4, 0.5) is 45.5 Å². The molecule has 0 saturated carbocycles. The molecule has 32 heteroatoms. The number of likely N-dealkylation sites (tertiary alicyclic amines) is 1. The van der Waals surface area contributed by atoms with Gasteiger partial charge < -0.3 is 72.0 Å². The van der Waals surface area contributed by atoms with Crippen LogP contribution in [0, 0.1) is 5.92 Å². The summed E-state index contributed by atoms with van der Waals surface area (Å²) in [5.74, 6) is 6.42. The van der Waals surface area contributed by atoms with Crippen LogP contribution in [-0.4, -0.2) is 212 Å². The lowest BCUT2D eigenvalue weighted by Crippen LogP contribution is -2.44. The number of aryl methyl sites for hydroxylation is 4. The summed E-state index contributed by atoms with van der Waals surface area (Å²) in [5.41, 5.74) is 23.7. The average molecular weight is 1910 g/mol. The quantitative estimate of drug-likeness (QED) is 0.0404. The number of hydrogen-bond acceptors (Lipinski definition) is 27. The van der Waals surface area contributed by atoms with Gasteiger partial charge in [-0.1, -0.05) is 54.1 Å². The van der Waals surface area contributed by atoms with Crippen molar-refractivity contribution in [1.29, 1.82) is 0 Å². The van der Waals surface area contributed by atoms with Gasteiger partial charge in [-0.25, -0.2) is 19.9 Å². The number of hydrogen-bond donors (Lipinski definition) is 0. The Morgan fingerprint density at radius 2 is 0.645 bits per heavy atom. The van der Waals surface area contributed by atoms with Crippen LogP contribution in [-0.2, 0) is 46.0 Å². The van der Waals surface area contributed by atoms with Crippen molar-refractivity contribution in [2.24, 2.45) is 34.1 Å². The third kappa shape index (κ3) is 24.1. The van der Waals surface area contributed by atoms with Crippen molar-refractivity contribution in [2.45, 2.75) is 44.8 Å². The van der Waals surface area contributed by atoms with E-state index in [-0.39, 0.29) is 0 Å². The van der Waals surface area contributed by atoms with Crippen molar-refractivity contribution in [2.75, 3.05) is 137 Å². The summed E-state index contributed by atoms with van der Waals surface area (Å²) in [6.07, 6.45) is 26.6. The van der Waals surface area contributed by atoms with Crippen LogP contribution in [0.2, 0.25) is 5.02 Å². The highest BCUT2D eigenvalue weighted by Gasteiger charge is 2.27. The van der Waals surface area contributed by atoms with Gasteiger partial charge in [-0.15, -0.1) is 0 Å². The molecule has 18 aromatic rings. The van der Waals surface area contributed by atoms with Crippen molar-refractivity contribution < 1.29 is 42.6 Å². The number of ether oxygens (including phenoxy) is 9. The molecule has 0 spiro atoms. The Balaban J connectivity index is 0.000000130. The van der Waals surface area contributed by atoms with Crippen LogP contribution >= 0.6 is 11.6 Å². The molecule has 10 heterocycles. The third-order valence-corrected chi connectivity index (χ3v) is 25.3. The van der Waals surface area contributed by atoms with E-state index >= 15 is 0 Å². The molecule has 0 bridgehead atoms. The molecule has 10 aromatic carbocycles. The highest BCUT2D eigenvalue weighted by molar-refractivity contribution is 6.30. The van der Waals surface area contributed by atoms with Crippen LogP contribution in [0.15, 0.2) is 275 Å². The Morgan fingerprint density at radius 1 is 0.326 bits per heavy atom. The Labute approximate surface area is 825 Å². The molecule has 8 aromatic heterocycles. The second kappa shape index (κ2) is 45.2. The van der Waals surface area contributed by atoms with Crippen molar-refractivity contribution in [3.8, 4) is 91.0 Å². The summed E-state index contributed by atoms with van der Waals surface area (Å²) in [6, 6.07) is 67.3. The minimum absolute atomic E-state index is 0.523. The Morgan fingerprint density at radius 3 is 0.972 bits per heavy atom. The monoisotopic (exact) mass is 1910 g/mol. The molecule has 2 fully saturated rings. The van der Waals surface area contributed by atoms with Crippen molar-refractivity contribution in [1.82, 2.24) is 88.8 Å². The molecule has 31 nitrogen and oxygen atoms in total. The summed E-state index contributed by atoms with van der Waals surface area (Å²) in [4.78, 5) is 52.1. The molecule has 20 rings (SSSR count). The topological polar surface area (TPSA) is 277 Å². The molecule has 0 unspecified atom stereocenters. The van der Waals surface area contributed by atoms with E-state index in [2.05, 4.69) is 151 Å². The number of nitrogens with zero attached hydrogens (tertiary/aromatic N) is 22. The van der Waals surface area contributed by atoms with E-state index in [0.717, 1.165) is 234 Å². The Hall–Kier alpha value is -15.8. The first-order valence-corrected chi connectivity index (χ1v) is 46.9. The van der Waals surface area contributed by atoms with Gasteiger partial charge in [-0.3, -0.25) is 38.7 Å². The number of aromatic nitrogens is 16. The first-order chi connectivity index (χ1) is 68.7. The van der Waals surface area contributed by atoms with Crippen molar-refractivity contribution in [3.63, 3.8) is 0 Å². The zero-order chi connectivity index (χ0) is 98.0. The lowest BCUT2D eigenvalue weighted by molar-refractivity contribution is 0.0688. The molecule has 2 saturated heterocycles. The van der Waals surface area contributed by atoms with Gasteiger partial charge in [-0.2, -0.15) is 20.4 Å². The number of piperidine rings is 1. The first-order valence-electron chi connectivity index (χ1n) is 46.5. The van der Waals surface area contributed by atoms with Crippen LogP contribution < -0.4 is 57.5 Å². The number of anilines is 8. The van der Waals surface area contributed by atoms with E-state index in [1.54, 1.807) is 119 Å². The maximum absolute atomic E-state index is 6.29. The van der Waals surface area contributed by atoms with Gasteiger partial charge >= 0.3 is 0 Å². The van der Waals surface area contributed by atoms with Crippen LogP contribution in [0.3, 0.4) is 0 Å². The van der Waals surface area contributed by atoms with E-state index in [9.17, 15) is 0 Å². The molecule has 2 aliphatic rings. The predicted molar refractivity (Wildman–Crippen MR) is 555 cm³/mol. The minimum Gasteiger partial charge on any atom is -0.497 e. The van der Waals surface area contributed by atoms with Crippen molar-refractivity contribution >= 4 is 101 Å². The summed E-state index contributed by atoms with van der Waals surface area (Å²) in [6.45, 7) is 7.71. The van der Waals surface area contributed by atoms with E-state index in [1.165, 1.54) is 18.4 Å². The summed E-state index contributed by atoms with van der Waals surface area (Å²) in [5, 5.41) is 17.7. The summed E-state index contributed by atoms with van der Waals surface area (Å²) < 4.78 is 57.1. The van der Waals surface area contributed by atoms with Gasteiger partial charge in [0.05, 0.1) is 173 Å². The molecule has 0 aliphatic carbocycles. The van der Waals surface area contributed by atoms with Crippen LogP contribution in [0.25, 0.3) is 89.2 Å². The molecule has 0 radical (unpaired) electrons. The first kappa shape index (κ1) is 96.8. The van der Waals surface area contributed by atoms with Gasteiger partial charge in [0.2, 0.25) is 0 Å². The maximum Gasteiger partial charge on any atom is 0.124 e. The van der Waals surface area contributed by atoms with Gasteiger partial charge in [-0.05, 0) is 155 Å². The molecule has 141 heavy (non-hydrogen) atoms. The maximum atomic E-state index is 6.29. The second-order valence-electron chi connectivity index (χ2n) is 34.7. The number of methoxy groups -OCH3 is 8. The van der Waals surface area contributed by atoms with Crippen LogP contribution in [0.1, 0.15) is 36.8 Å². The predicted octanol–water partition coefficient (Wildman–Crippen LogP) is 20.2. The fraction of sp³-hybridized carbons (Fsp3) is 0.266. The van der Waals surface area contributed by atoms with E-state index in [4.69, 9.17) is 74.2 Å². The zero-order valence-electron chi connectivity index (χ0n) is 81.7. The van der Waals surface area contributed by atoms with Gasteiger partial charge in [0.1, 0.15) is 46.0 Å². The fourth-order valence-electron chi connectivity index (χ4n) is 17.3. The minimum atomic E-state index is 0.523. The smallest absolute Gasteiger partial charge is 0.124 e. The molecule has 722 valence electrons. The Bertz CT molecular complexity index is 7220. The summed E-state index contributed by atoms with van der Waals surface area (Å²) >= 11 is 6.29. The molecule has 2 aliphatic heterocycles. The number of fused-ring (bicyclic) bond motifs is 4. The van der Waals surface area contributed by atoms with E-state index < -0.39 is 0 Å². The molecular weight excluding hydrogens is 1800 g/mol. The average Bonchev–Trinajstić information content (AvgIpc) is 1.40. The zero-order valence-corrected chi connectivity index (χ0v) is 82.5. The lowest BCUT2D eigenvalue weighted by Gasteiger charge is -2.36. The Kier molecular flexibility index (Phi) is 31.0. The van der Waals surface area contributed by atoms with E-state index in [0.29, 0.717) is 41.6 Å². The number of halogens is 1. The van der Waals surface area contributed by atoms with Gasteiger partial charge in [0.25, 0.3) is 0 Å². The second-order valence-corrected chi connectivity index (χ2v) is 35.2. The third-order valence-electron chi connectivity index (χ3n) is 25.1. The molecule has 0 amide bonds. The molecular formula is C109H115ClN22O9. The standard InChI is InChI=1S/C29H37N7O2.C27H24ClN5O2.C27H25N5O2.C26H29N5O3/c1-33(2)22-8-10-35(11-9-22)12-13-36(24-14-25(37-4)17-26(15-24)38-5)23-6-7-27-28(16-23)32-29(19-30-27)21-18-31-34(3)20-21;1-32-17-19(14-30-32)27-15-29-25-8-7-21(12-26(25)31-27)33(16-18-5-4-6-20(28)9-18)22-10-23(34-2)13-24(11-22)35-3;1-31-18-20(15-29-31)27-16-28-25-10-9-21(13-26(25)30-27)32(17-19-7-5-4-6-8-19)22-11-23(33-2)14-24(12-22)34-3;1-30-17-19(14-28-30)26-15-27-24-5-4-20(12-25(24)29-26)31(16-18-6-8-34-9-7-18)21-10-22(32-2)13-23(11-21)33-3/h6-7,14-20,22H,8-13H2,1-5H3;4-15,17H,16H2,1-3H3;4-16,18H,17H2,1-3H3;4-5,10-15,17-18H,6-9,16H2,1-3H3. The lowest BCUT2D eigenvalue weighted by atomic mass is 9.99. The van der Waals surface area contributed by atoms with Gasteiger partial charge in [0.15, 0.2) is 0 Å². The summed E-state index contributed by atoms with van der Waals surface area (Å²) in [7, 11) is 25.3. The van der Waals surface area contributed by atoms with Crippen molar-refractivity contribution in [3.05, 3.63) is 291 Å². The largest absolute Gasteiger partial charge is 0.497 e. The molecule has 0 N–H and O–H groups in total. The number of rotatable bonds is 30. The van der Waals surface area contributed by atoms with Crippen LogP contribution in [0.5, 0.6) is 46.0 Å². The highest BCUT2D eigenvalue weighted by Crippen LogP contribution is 2.42. The molecule has 0 atom stereocenters. The van der Waals surface area contributed by atoms with Gasteiger partial charge in [0, 0.05) is 251 Å². The highest BCUT2D eigenvalue weighted by atomic mass is 35.5. The van der Waals surface area contributed by atoms with E-state index in [1.807, 2.05) is 193 Å².